The third kappa shape index (κ3) is 5.28. The minimum Gasteiger partial charge on any atom is -0.496 e. The van der Waals surface area contributed by atoms with E-state index in [0.717, 1.165) is 16.3 Å². The van der Waals surface area contributed by atoms with Gasteiger partial charge in [-0.25, -0.2) is 0 Å². The zero-order chi connectivity index (χ0) is 24.0. The third-order valence-electron chi connectivity index (χ3n) is 5.36. The van der Waals surface area contributed by atoms with Crippen molar-refractivity contribution in [1.29, 1.82) is 0 Å². The first kappa shape index (κ1) is 24.5. The summed E-state index contributed by atoms with van der Waals surface area (Å²) in [7, 11) is 6.49. The lowest BCUT2D eigenvalue weighted by Crippen LogP contribution is -2.05. The first-order valence-corrected chi connectivity index (χ1v) is 11.5. The molecule has 3 rings (SSSR count). The Kier molecular flexibility index (Phi) is 8.28. The van der Waals surface area contributed by atoms with Crippen LogP contribution in [0.1, 0.15) is 41.4 Å². The van der Waals surface area contributed by atoms with Crippen LogP contribution in [0.2, 0.25) is 0 Å². The maximum atomic E-state index is 13.1. The first-order valence-electron chi connectivity index (χ1n) is 10.6. The molecule has 0 aliphatic carbocycles. The Morgan fingerprint density at radius 1 is 0.848 bits per heavy atom. The van der Waals surface area contributed by atoms with Crippen LogP contribution in [0.3, 0.4) is 0 Å². The van der Waals surface area contributed by atoms with Crippen molar-refractivity contribution in [2.75, 3.05) is 28.4 Å². The van der Waals surface area contributed by atoms with E-state index >= 15 is 0 Å². The fourth-order valence-electron chi connectivity index (χ4n) is 3.77. The lowest BCUT2D eigenvalue weighted by atomic mass is 9.98. The number of benzene rings is 3. The molecule has 0 saturated carbocycles. The summed E-state index contributed by atoms with van der Waals surface area (Å²) < 4.78 is 23.0. The zero-order valence-corrected chi connectivity index (χ0v) is 20.7. The van der Waals surface area contributed by atoms with E-state index < -0.39 is 0 Å². The number of thioether (sulfide) groups is 1. The molecule has 1 unspecified atom stereocenters. The lowest BCUT2D eigenvalue weighted by Gasteiger charge is -2.23. The quantitative estimate of drug-likeness (QED) is 0.322. The van der Waals surface area contributed by atoms with E-state index in [-0.39, 0.29) is 10.4 Å². The van der Waals surface area contributed by atoms with Crippen LogP contribution in [-0.4, -0.2) is 33.6 Å². The highest BCUT2D eigenvalue weighted by Crippen LogP contribution is 2.50. The zero-order valence-electron chi connectivity index (χ0n) is 19.9. The number of hydrogen-bond donors (Lipinski definition) is 0. The Morgan fingerprint density at radius 2 is 1.45 bits per heavy atom. The SMILES string of the molecule is COc1ccc(OC)c2c(OC)c(C(CC=C(C)C)SC(=O)c3ccccc3)cc(OC)c12. The third-order valence-corrected chi connectivity index (χ3v) is 6.54. The van der Waals surface area contributed by atoms with Crippen molar-refractivity contribution in [1.82, 2.24) is 0 Å². The van der Waals surface area contributed by atoms with Crippen molar-refractivity contribution in [2.45, 2.75) is 25.5 Å². The average molecular weight is 467 g/mol. The highest BCUT2D eigenvalue weighted by molar-refractivity contribution is 8.14. The van der Waals surface area contributed by atoms with Gasteiger partial charge in [0, 0.05) is 16.4 Å². The normalized spacial score (nSPS) is 11.6. The predicted molar refractivity (Wildman–Crippen MR) is 135 cm³/mol. The molecule has 0 aliphatic heterocycles. The molecule has 0 N–H and O–H groups in total. The summed E-state index contributed by atoms with van der Waals surface area (Å²) in [6.45, 7) is 4.10. The molecule has 6 heteroatoms. The van der Waals surface area contributed by atoms with Crippen molar-refractivity contribution in [3.8, 4) is 23.0 Å². The summed E-state index contributed by atoms with van der Waals surface area (Å²) >= 11 is 1.28. The van der Waals surface area contributed by atoms with Crippen LogP contribution in [0.4, 0.5) is 0 Å². The van der Waals surface area contributed by atoms with Crippen molar-refractivity contribution in [3.05, 3.63) is 71.3 Å². The molecule has 174 valence electrons. The number of rotatable bonds is 9. The predicted octanol–water partition coefficient (Wildman–Crippen LogP) is 6.85. The molecule has 0 radical (unpaired) electrons. The van der Waals surface area contributed by atoms with Crippen LogP contribution in [0.15, 0.2) is 60.2 Å². The minimum absolute atomic E-state index is 0.00137. The summed E-state index contributed by atoms with van der Waals surface area (Å²) in [5.41, 5.74) is 2.70. The largest absolute Gasteiger partial charge is 0.496 e. The fourth-order valence-corrected chi connectivity index (χ4v) is 4.80. The van der Waals surface area contributed by atoms with Crippen molar-refractivity contribution >= 4 is 27.6 Å². The number of allylic oxidation sites excluding steroid dienone is 2. The fraction of sp³-hybridized carbons (Fsp3) is 0.296. The molecule has 0 bridgehead atoms. The number of fused-ring (bicyclic) bond motifs is 1. The molecule has 3 aromatic carbocycles. The van der Waals surface area contributed by atoms with Gasteiger partial charge in [-0.1, -0.05) is 53.7 Å². The van der Waals surface area contributed by atoms with E-state index in [1.807, 2.05) is 62.4 Å². The van der Waals surface area contributed by atoms with Gasteiger partial charge in [-0.2, -0.15) is 0 Å². The van der Waals surface area contributed by atoms with E-state index in [0.29, 0.717) is 35.0 Å². The second-order valence-electron chi connectivity index (χ2n) is 7.70. The summed E-state index contributed by atoms with van der Waals surface area (Å²) in [5.74, 6) is 2.57. The Morgan fingerprint density at radius 3 is 2.00 bits per heavy atom. The monoisotopic (exact) mass is 466 g/mol. The van der Waals surface area contributed by atoms with Gasteiger partial charge >= 0.3 is 0 Å². The summed E-state index contributed by atoms with van der Waals surface area (Å²) in [6.07, 6.45) is 2.79. The van der Waals surface area contributed by atoms with E-state index in [2.05, 4.69) is 6.08 Å². The minimum atomic E-state index is -0.197. The van der Waals surface area contributed by atoms with Gasteiger partial charge in [-0.15, -0.1) is 0 Å². The van der Waals surface area contributed by atoms with Gasteiger partial charge in [0.15, 0.2) is 0 Å². The van der Waals surface area contributed by atoms with Crippen LogP contribution in [-0.2, 0) is 0 Å². The lowest BCUT2D eigenvalue weighted by molar-refractivity contribution is 0.108. The Bertz CT molecular complexity index is 1150. The summed E-state index contributed by atoms with van der Waals surface area (Å²) in [4.78, 5) is 13.1. The van der Waals surface area contributed by atoms with E-state index in [1.165, 1.54) is 17.3 Å². The van der Waals surface area contributed by atoms with Crippen molar-refractivity contribution in [3.63, 3.8) is 0 Å². The summed E-state index contributed by atoms with van der Waals surface area (Å²) in [6, 6.07) is 14.9. The average Bonchev–Trinajstić information content (AvgIpc) is 2.84. The number of carbonyl (C=O) groups excluding carboxylic acids is 1. The topological polar surface area (TPSA) is 54.0 Å². The van der Waals surface area contributed by atoms with Crippen LogP contribution >= 0.6 is 11.8 Å². The Labute approximate surface area is 199 Å². The molecule has 0 amide bonds. The Hall–Kier alpha value is -3.12. The van der Waals surface area contributed by atoms with Crippen LogP contribution in [0.5, 0.6) is 23.0 Å². The number of ether oxygens (including phenoxy) is 4. The Balaban J connectivity index is 2.25. The van der Waals surface area contributed by atoms with Gasteiger partial charge in [-0.3, -0.25) is 4.79 Å². The molecule has 0 aromatic heterocycles. The highest BCUT2D eigenvalue weighted by atomic mass is 32.2. The maximum absolute atomic E-state index is 13.1. The van der Waals surface area contributed by atoms with Gasteiger partial charge in [-0.05, 0) is 38.5 Å². The van der Waals surface area contributed by atoms with E-state index in [1.54, 1.807) is 28.4 Å². The van der Waals surface area contributed by atoms with Gasteiger partial charge in [0.2, 0.25) is 5.12 Å². The molecular weight excluding hydrogens is 436 g/mol. The smallest absolute Gasteiger partial charge is 0.219 e. The van der Waals surface area contributed by atoms with Gasteiger partial charge in [0.05, 0.1) is 39.2 Å². The number of methoxy groups -OCH3 is 4. The molecule has 0 saturated heterocycles. The van der Waals surface area contributed by atoms with Gasteiger partial charge < -0.3 is 18.9 Å². The molecule has 1 atom stereocenters. The molecule has 33 heavy (non-hydrogen) atoms. The molecule has 0 aliphatic rings. The van der Waals surface area contributed by atoms with E-state index in [4.69, 9.17) is 18.9 Å². The molecule has 0 spiro atoms. The van der Waals surface area contributed by atoms with E-state index in [9.17, 15) is 4.79 Å². The number of hydrogen-bond acceptors (Lipinski definition) is 6. The molecule has 5 nitrogen and oxygen atoms in total. The standard InChI is InChI=1S/C27H30O5S/c1-17(2)12-15-23(33-27(28)18-10-8-7-9-11-18)19-16-22(31-5)24-20(29-3)13-14-21(30-4)25(24)26(19)32-6/h7-14,16,23H,15H2,1-6H3. The number of carbonyl (C=O) groups is 1. The van der Waals surface area contributed by atoms with Crippen molar-refractivity contribution in [2.24, 2.45) is 0 Å². The molecule has 0 fully saturated rings. The molecule has 3 aromatic rings. The van der Waals surface area contributed by atoms with Gasteiger partial charge in [0.25, 0.3) is 0 Å². The second kappa shape index (κ2) is 11.1. The van der Waals surface area contributed by atoms with Crippen molar-refractivity contribution < 1.29 is 23.7 Å². The maximum Gasteiger partial charge on any atom is 0.219 e. The first-order chi connectivity index (χ1) is 15.9. The second-order valence-corrected chi connectivity index (χ2v) is 8.87. The molecular formula is C27H30O5S. The summed E-state index contributed by atoms with van der Waals surface area (Å²) in [5, 5.41) is 1.32. The molecule has 0 heterocycles. The van der Waals surface area contributed by atoms with Gasteiger partial charge in [0.1, 0.15) is 23.0 Å². The van der Waals surface area contributed by atoms with Crippen LogP contribution < -0.4 is 18.9 Å². The highest BCUT2D eigenvalue weighted by Gasteiger charge is 2.27. The van der Waals surface area contributed by atoms with Crippen LogP contribution in [0.25, 0.3) is 10.8 Å². The van der Waals surface area contributed by atoms with Crippen LogP contribution in [0, 0.1) is 0 Å².